The number of rotatable bonds is 3. The first-order valence-corrected chi connectivity index (χ1v) is 6.72. The Hall–Kier alpha value is -1.51. The van der Waals surface area contributed by atoms with Crippen molar-refractivity contribution in [1.29, 1.82) is 0 Å². The molecule has 0 radical (unpaired) electrons. The third kappa shape index (κ3) is 2.67. The van der Waals surface area contributed by atoms with E-state index in [0.717, 1.165) is 0 Å². The van der Waals surface area contributed by atoms with Crippen molar-refractivity contribution in [1.82, 2.24) is 0 Å². The molecule has 20 heavy (non-hydrogen) atoms. The first kappa shape index (κ1) is 14.9. The number of non-ortho nitro benzene ring substituents is 1. The summed E-state index contributed by atoms with van der Waals surface area (Å²) in [5.41, 5.74) is 5.28. The maximum absolute atomic E-state index is 12.3. The standard InChI is InChI=1S/C12H14BrN3O4/c1-12(6-20-5-10(12)14)11(17)15-9-4-7(16(18)19)2-3-8(9)13/h2-4,10H,5-6,14H2,1H3,(H,15,17). The average molecular weight is 344 g/mol. The van der Waals surface area contributed by atoms with Crippen molar-refractivity contribution in [3.63, 3.8) is 0 Å². The van der Waals surface area contributed by atoms with Crippen molar-refractivity contribution in [2.75, 3.05) is 18.5 Å². The van der Waals surface area contributed by atoms with Crippen LogP contribution in [0.1, 0.15) is 6.92 Å². The second kappa shape index (κ2) is 5.47. The molecule has 2 atom stereocenters. The second-order valence-electron chi connectivity index (χ2n) is 4.91. The first-order chi connectivity index (χ1) is 9.34. The highest BCUT2D eigenvalue weighted by atomic mass is 79.9. The maximum Gasteiger partial charge on any atom is 0.271 e. The average Bonchev–Trinajstić information content (AvgIpc) is 2.73. The predicted molar refractivity (Wildman–Crippen MR) is 76.3 cm³/mol. The SMILES string of the molecule is CC1(C(=O)Nc2cc([N+](=O)[O-])ccc2Br)COCC1N. The van der Waals surface area contributed by atoms with Gasteiger partial charge in [0, 0.05) is 22.6 Å². The molecule has 2 unspecified atom stereocenters. The molecular weight excluding hydrogens is 330 g/mol. The van der Waals surface area contributed by atoms with E-state index >= 15 is 0 Å². The van der Waals surface area contributed by atoms with Crippen LogP contribution >= 0.6 is 15.9 Å². The molecule has 0 aliphatic carbocycles. The summed E-state index contributed by atoms with van der Waals surface area (Å²) in [6.07, 6.45) is 0. The topological polar surface area (TPSA) is 107 Å². The van der Waals surface area contributed by atoms with Crippen molar-refractivity contribution in [3.8, 4) is 0 Å². The lowest BCUT2D eigenvalue weighted by Gasteiger charge is -2.25. The van der Waals surface area contributed by atoms with Crippen LogP contribution in [0.5, 0.6) is 0 Å². The number of benzene rings is 1. The van der Waals surface area contributed by atoms with E-state index < -0.39 is 16.4 Å². The number of hydrogen-bond donors (Lipinski definition) is 2. The summed E-state index contributed by atoms with van der Waals surface area (Å²) in [4.78, 5) is 22.6. The van der Waals surface area contributed by atoms with Crippen LogP contribution in [0.3, 0.4) is 0 Å². The Morgan fingerprint density at radius 1 is 1.65 bits per heavy atom. The fourth-order valence-electron chi connectivity index (χ4n) is 1.91. The minimum atomic E-state index is -0.843. The minimum absolute atomic E-state index is 0.0966. The van der Waals surface area contributed by atoms with Gasteiger partial charge in [0.2, 0.25) is 5.91 Å². The summed E-state index contributed by atoms with van der Waals surface area (Å²) < 4.78 is 5.78. The number of halogens is 1. The van der Waals surface area contributed by atoms with Crippen molar-refractivity contribution >= 4 is 33.2 Å². The Bertz CT molecular complexity index is 566. The van der Waals surface area contributed by atoms with Crippen LogP contribution in [-0.4, -0.2) is 30.1 Å². The number of carbonyl (C=O) groups excluding carboxylic acids is 1. The number of nitro benzene ring substituents is 1. The first-order valence-electron chi connectivity index (χ1n) is 5.93. The van der Waals surface area contributed by atoms with Gasteiger partial charge in [-0.05, 0) is 28.9 Å². The highest BCUT2D eigenvalue weighted by Crippen LogP contribution is 2.32. The van der Waals surface area contributed by atoms with Gasteiger partial charge in [0.1, 0.15) is 0 Å². The number of amides is 1. The number of carbonyl (C=O) groups is 1. The quantitative estimate of drug-likeness (QED) is 0.640. The third-order valence-electron chi connectivity index (χ3n) is 3.45. The van der Waals surface area contributed by atoms with Gasteiger partial charge in [-0.1, -0.05) is 0 Å². The third-order valence-corrected chi connectivity index (χ3v) is 4.14. The van der Waals surface area contributed by atoms with E-state index in [-0.39, 0.29) is 18.2 Å². The normalized spacial score (nSPS) is 25.4. The summed E-state index contributed by atoms with van der Waals surface area (Å²) in [7, 11) is 0. The second-order valence-corrected chi connectivity index (χ2v) is 5.77. The summed E-state index contributed by atoms with van der Waals surface area (Å²) in [5, 5.41) is 13.4. The molecule has 1 fully saturated rings. The van der Waals surface area contributed by atoms with Gasteiger partial charge in [0.15, 0.2) is 0 Å². The van der Waals surface area contributed by atoms with Crippen LogP contribution in [0.25, 0.3) is 0 Å². The number of hydrogen-bond acceptors (Lipinski definition) is 5. The van der Waals surface area contributed by atoms with Gasteiger partial charge in [-0.2, -0.15) is 0 Å². The number of nitrogens with one attached hydrogen (secondary N) is 1. The van der Waals surface area contributed by atoms with Gasteiger partial charge in [-0.25, -0.2) is 0 Å². The van der Waals surface area contributed by atoms with E-state index in [1.54, 1.807) is 6.92 Å². The Morgan fingerprint density at radius 2 is 2.35 bits per heavy atom. The Kier molecular flexibility index (Phi) is 4.07. The molecule has 1 aliphatic rings. The molecule has 1 amide bonds. The molecule has 1 aliphatic heterocycles. The van der Waals surface area contributed by atoms with Crippen LogP contribution in [-0.2, 0) is 9.53 Å². The molecule has 2 rings (SSSR count). The minimum Gasteiger partial charge on any atom is -0.379 e. The molecule has 1 saturated heterocycles. The van der Waals surface area contributed by atoms with E-state index in [2.05, 4.69) is 21.2 Å². The van der Waals surface area contributed by atoms with Gasteiger partial charge in [0.25, 0.3) is 5.69 Å². The maximum atomic E-state index is 12.3. The molecular formula is C12H14BrN3O4. The molecule has 8 heteroatoms. The zero-order valence-electron chi connectivity index (χ0n) is 10.8. The number of anilines is 1. The van der Waals surface area contributed by atoms with Crippen LogP contribution in [0.4, 0.5) is 11.4 Å². The molecule has 0 aromatic heterocycles. The van der Waals surface area contributed by atoms with E-state index in [1.807, 2.05) is 0 Å². The van der Waals surface area contributed by atoms with Gasteiger partial charge < -0.3 is 15.8 Å². The van der Waals surface area contributed by atoms with Crippen LogP contribution in [0.2, 0.25) is 0 Å². The Morgan fingerprint density at radius 3 is 2.90 bits per heavy atom. The summed E-state index contributed by atoms with van der Waals surface area (Å²) >= 11 is 3.25. The van der Waals surface area contributed by atoms with Crippen molar-refractivity contribution < 1.29 is 14.5 Å². The van der Waals surface area contributed by atoms with E-state index in [4.69, 9.17) is 10.5 Å². The van der Waals surface area contributed by atoms with E-state index in [0.29, 0.717) is 16.8 Å². The lowest BCUT2D eigenvalue weighted by atomic mass is 9.85. The number of nitro groups is 1. The molecule has 1 aromatic rings. The zero-order valence-corrected chi connectivity index (χ0v) is 12.3. The summed E-state index contributed by atoms with van der Waals surface area (Å²) in [6.45, 7) is 2.26. The highest BCUT2D eigenvalue weighted by Gasteiger charge is 2.44. The van der Waals surface area contributed by atoms with Crippen LogP contribution in [0, 0.1) is 15.5 Å². The fourth-order valence-corrected chi connectivity index (χ4v) is 2.26. The van der Waals surface area contributed by atoms with Crippen molar-refractivity contribution in [2.45, 2.75) is 13.0 Å². The summed E-state index contributed by atoms with van der Waals surface area (Å²) in [5.74, 6) is -0.316. The lowest BCUT2D eigenvalue weighted by molar-refractivity contribution is -0.384. The van der Waals surface area contributed by atoms with E-state index in [9.17, 15) is 14.9 Å². The van der Waals surface area contributed by atoms with E-state index in [1.165, 1.54) is 18.2 Å². The Balaban J connectivity index is 2.23. The highest BCUT2D eigenvalue weighted by molar-refractivity contribution is 9.10. The number of nitrogens with two attached hydrogens (primary N) is 1. The Labute approximate surface area is 123 Å². The zero-order chi connectivity index (χ0) is 14.9. The van der Waals surface area contributed by atoms with Gasteiger partial charge in [-0.3, -0.25) is 14.9 Å². The lowest BCUT2D eigenvalue weighted by Crippen LogP contribution is -2.47. The number of ether oxygens (including phenoxy) is 1. The summed E-state index contributed by atoms with van der Waals surface area (Å²) in [6, 6.07) is 3.76. The molecule has 0 saturated carbocycles. The van der Waals surface area contributed by atoms with Crippen molar-refractivity contribution in [2.24, 2.45) is 11.1 Å². The van der Waals surface area contributed by atoms with Gasteiger partial charge in [-0.15, -0.1) is 0 Å². The molecule has 108 valence electrons. The number of nitrogens with zero attached hydrogens (tertiary/aromatic N) is 1. The largest absolute Gasteiger partial charge is 0.379 e. The van der Waals surface area contributed by atoms with Crippen molar-refractivity contribution in [3.05, 3.63) is 32.8 Å². The smallest absolute Gasteiger partial charge is 0.271 e. The molecule has 1 aromatic carbocycles. The molecule has 7 nitrogen and oxygen atoms in total. The molecule has 3 N–H and O–H groups in total. The van der Waals surface area contributed by atoms with Gasteiger partial charge in [0.05, 0.1) is 29.2 Å². The van der Waals surface area contributed by atoms with Crippen LogP contribution < -0.4 is 11.1 Å². The van der Waals surface area contributed by atoms with Crippen LogP contribution in [0.15, 0.2) is 22.7 Å². The molecule has 0 bridgehead atoms. The predicted octanol–water partition coefficient (Wildman–Crippen LogP) is 1.66. The fraction of sp³-hybridized carbons (Fsp3) is 0.417. The molecule has 1 heterocycles. The molecule has 0 spiro atoms. The monoisotopic (exact) mass is 343 g/mol. The van der Waals surface area contributed by atoms with Gasteiger partial charge >= 0.3 is 0 Å².